The standard InChI is InChI=1S/C22H25ClN2O4/c1-2-20(29-16-11-9-15(23)10-12-16)22(27)25-19-8-4-3-7-18(19)21(26)24-14-17-6-5-13-28-17/h3-4,7-12,17,20H,2,5-6,13-14H2,1H3,(H,24,26)(H,25,27)/t17-,20+/m1/s1. The molecule has 0 saturated carbocycles. The molecule has 1 aliphatic rings. The van der Waals surface area contributed by atoms with E-state index in [1.165, 1.54) is 0 Å². The Hall–Kier alpha value is -2.57. The molecule has 1 fully saturated rings. The molecule has 0 aromatic heterocycles. The molecular weight excluding hydrogens is 392 g/mol. The third kappa shape index (κ3) is 5.95. The van der Waals surface area contributed by atoms with Crippen LogP contribution < -0.4 is 15.4 Å². The first-order valence-corrected chi connectivity index (χ1v) is 10.2. The van der Waals surface area contributed by atoms with Crippen LogP contribution >= 0.6 is 11.6 Å². The molecule has 2 aromatic carbocycles. The summed E-state index contributed by atoms with van der Waals surface area (Å²) in [5, 5.41) is 6.30. The van der Waals surface area contributed by atoms with Gasteiger partial charge in [-0.3, -0.25) is 9.59 Å². The number of para-hydroxylation sites is 1. The number of amides is 2. The number of hydrogen-bond donors (Lipinski definition) is 2. The zero-order valence-electron chi connectivity index (χ0n) is 16.3. The Balaban J connectivity index is 1.64. The van der Waals surface area contributed by atoms with E-state index in [0.717, 1.165) is 19.4 Å². The van der Waals surface area contributed by atoms with Crippen molar-refractivity contribution in [2.45, 2.75) is 38.4 Å². The molecule has 7 heteroatoms. The maximum atomic E-state index is 12.7. The highest BCUT2D eigenvalue weighted by Gasteiger charge is 2.22. The van der Waals surface area contributed by atoms with Gasteiger partial charge in [0.1, 0.15) is 5.75 Å². The number of anilines is 1. The Kier molecular flexibility index (Phi) is 7.49. The maximum Gasteiger partial charge on any atom is 0.265 e. The van der Waals surface area contributed by atoms with Crippen molar-refractivity contribution in [2.75, 3.05) is 18.5 Å². The largest absolute Gasteiger partial charge is 0.481 e. The van der Waals surface area contributed by atoms with Gasteiger partial charge in [0.05, 0.1) is 17.4 Å². The molecule has 0 unspecified atom stereocenters. The van der Waals surface area contributed by atoms with Gasteiger partial charge in [0.2, 0.25) is 0 Å². The molecule has 2 amide bonds. The van der Waals surface area contributed by atoms with E-state index >= 15 is 0 Å². The van der Waals surface area contributed by atoms with E-state index in [4.69, 9.17) is 21.1 Å². The van der Waals surface area contributed by atoms with E-state index in [0.29, 0.717) is 35.0 Å². The minimum atomic E-state index is -0.695. The van der Waals surface area contributed by atoms with Gasteiger partial charge in [0, 0.05) is 18.2 Å². The number of nitrogens with one attached hydrogen (secondary N) is 2. The summed E-state index contributed by atoms with van der Waals surface area (Å²) >= 11 is 5.89. The van der Waals surface area contributed by atoms with E-state index in [2.05, 4.69) is 10.6 Å². The fourth-order valence-electron chi connectivity index (χ4n) is 3.11. The monoisotopic (exact) mass is 416 g/mol. The van der Waals surface area contributed by atoms with Crippen molar-refractivity contribution >= 4 is 29.1 Å². The summed E-state index contributed by atoms with van der Waals surface area (Å²) < 4.78 is 11.3. The van der Waals surface area contributed by atoms with Crippen LogP contribution in [0.1, 0.15) is 36.5 Å². The maximum absolute atomic E-state index is 12.7. The highest BCUT2D eigenvalue weighted by Crippen LogP contribution is 2.20. The fraction of sp³-hybridized carbons (Fsp3) is 0.364. The number of halogens is 1. The van der Waals surface area contributed by atoms with Crippen LogP contribution in [0.15, 0.2) is 48.5 Å². The lowest BCUT2D eigenvalue weighted by atomic mass is 10.1. The lowest BCUT2D eigenvalue weighted by Gasteiger charge is -2.19. The van der Waals surface area contributed by atoms with Crippen molar-refractivity contribution in [1.82, 2.24) is 5.32 Å². The highest BCUT2D eigenvalue weighted by atomic mass is 35.5. The van der Waals surface area contributed by atoms with E-state index in [-0.39, 0.29) is 17.9 Å². The molecule has 0 bridgehead atoms. The van der Waals surface area contributed by atoms with Crippen LogP contribution in [0, 0.1) is 0 Å². The van der Waals surface area contributed by atoms with Crippen molar-refractivity contribution in [1.29, 1.82) is 0 Å². The quantitative estimate of drug-likeness (QED) is 0.680. The fourth-order valence-corrected chi connectivity index (χ4v) is 3.24. The van der Waals surface area contributed by atoms with Crippen LogP contribution in [0.2, 0.25) is 5.02 Å². The average molecular weight is 417 g/mol. The summed E-state index contributed by atoms with van der Waals surface area (Å²) in [5.41, 5.74) is 0.848. The predicted molar refractivity (Wildman–Crippen MR) is 113 cm³/mol. The molecule has 2 N–H and O–H groups in total. The third-order valence-corrected chi connectivity index (χ3v) is 4.95. The van der Waals surface area contributed by atoms with Crippen LogP contribution in [0.4, 0.5) is 5.69 Å². The Labute approximate surface area is 175 Å². The number of carbonyl (C=O) groups is 2. The van der Waals surface area contributed by atoms with Crippen LogP contribution in [0.5, 0.6) is 5.75 Å². The first-order valence-electron chi connectivity index (χ1n) is 9.78. The second-order valence-corrected chi connectivity index (χ2v) is 7.28. The molecule has 0 spiro atoms. The van der Waals surface area contributed by atoms with Crippen LogP contribution in [-0.2, 0) is 9.53 Å². The van der Waals surface area contributed by atoms with Crippen LogP contribution in [-0.4, -0.2) is 37.2 Å². The summed E-state index contributed by atoms with van der Waals surface area (Å²) in [7, 11) is 0. The van der Waals surface area contributed by atoms with Crippen molar-refractivity contribution in [3.8, 4) is 5.75 Å². The van der Waals surface area contributed by atoms with E-state index in [1.54, 1.807) is 48.5 Å². The summed E-state index contributed by atoms with van der Waals surface area (Å²) in [6, 6.07) is 13.8. The van der Waals surface area contributed by atoms with E-state index in [1.807, 2.05) is 6.92 Å². The zero-order chi connectivity index (χ0) is 20.6. The smallest absolute Gasteiger partial charge is 0.265 e. The van der Waals surface area contributed by atoms with Crippen LogP contribution in [0.25, 0.3) is 0 Å². The second kappa shape index (κ2) is 10.3. The second-order valence-electron chi connectivity index (χ2n) is 6.85. The molecule has 154 valence electrons. The molecule has 3 rings (SSSR count). The molecule has 0 aliphatic carbocycles. The van der Waals surface area contributed by atoms with Gasteiger partial charge < -0.3 is 20.1 Å². The van der Waals surface area contributed by atoms with Gasteiger partial charge in [0.25, 0.3) is 11.8 Å². The van der Waals surface area contributed by atoms with Crippen molar-refractivity contribution in [2.24, 2.45) is 0 Å². The van der Waals surface area contributed by atoms with Gasteiger partial charge in [-0.25, -0.2) is 0 Å². The molecule has 2 aromatic rings. The summed E-state index contributed by atoms with van der Waals surface area (Å²) in [6.45, 7) is 3.05. The number of hydrogen-bond acceptors (Lipinski definition) is 4. The van der Waals surface area contributed by atoms with Gasteiger partial charge in [-0.1, -0.05) is 30.7 Å². The van der Waals surface area contributed by atoms with Gasteiger partial charge in [-0.2, -0.15) is 0 Å². The summed E-state index contributed by atoms with van der Waals surface area (Å²) in [4.78, 5) is 25.3. The van der Waals surface area contributed by atoms with E-state index < -0.39 is 6.10 Å². The lowest BCUT2D eigenvalue weighted by molar-refractivity contribution is -0.122. The Morgan fingerprint density at radius 3 is 2.66 bits per heavy atom. The summed E-state index contributed by atoms with van der Waals surface area (Å²) in [5.74, 6) is -0.0103. The predicted octanol–water partition coefficient (Wildman–Crippen LogP) is 4.04. The highest BCUT2D eigenvalue weighted by molar-refractivity contribution is 6.30. The molecule has 1 saturated heterocycles. The normalized spacial score (nSPS) is 16.8. The van der Waals surface area contributed by atoms with Gasteiger partial charge in [0.15, 0.2) is 6.10 Å². The van der Waals surface area contributed by atoms with Gasteiger partial charge in [-0.15, -0.1) is 0 Å². The van der Waals surface area contributed by atoms with Crippen LogP contribution in [0.3, 0.4) is 0 Å². The number of ether oxygens (including phenoxy) is 2. The van der Waals surface area contributed by atoms with E-state index in [9.17, 15) is 9.59 Å². The Morgan fingerprint density at radius 1 is 1.21 bits per heavy atom. The third-order valence-electron chi connectivity index (χ3n) is 4.70. The zero-order valence-corrected chi connectivity index (χ0v) is 17.1. The molecule has 1 aliphatic heterocycles. The minimum Gasteiger partial charge on any atom is -0.481 e. The molecule has 0 radical (unpaired) electrons. The molecular formula is C22H25ClN2O4. The summed E-state index contributed by atoms with van der Waals surface area (Å²) in [6.07, 6.45) is 1.79. The van der Waals surface area contributed by atoms with Crippen molar-refractivity contribution in [3.63, 3.8) is 0 Å². The molecule has 6 nitrogen and oxygen atoms in total. The van der Waals surface area contributed by atoms with Crippen molar-refractivity contribution < 1.29 is 19.1 Å². The Morgan fingerprint density at radius 2 is 1.97 bits per heavy atom. The number of carbonyl (C=O) groups excluding carboxylic acids is 2. The molecule has 2 atom stereocenters. The van der Waals surface area contributed by atoms with Gasteiger partial charge >= 0.3 is 0 Å². The average Bonchev–Trinajstić information content (AvgIpc) is 3.25. The van der Waals surface area contributed by atoms with Crippen molar-refractivity contribution in [3.05, 3.63) is 59.1 Å². The first-order chi connectivity index (χ1) is 14.1. The molecule has 29 heavy (non-hydrogen) atoms. The molecule has 1 heterocycles. The number of benzene rings is 2. The first kappa shape index (κ1) is 21.1. The lowest BCUT2D eigenvalue weighted by Crippen LogP contribution is -2.35. The minimum absolute atomic E-state index is 0.0537. The Bertz CT molecular complexity index is 835. The number of rotatable bonds is 8. The SMILES string of the molecule is CC[C@H](Oc1ccc(Cl)cc1)C(=O)Nc1ccccc1C(=O)NC[C@H]1CCCO1. The van der Waals surface area contributed by atoms with Gasteiger partial charge in [-0.05, 0) is 55.7 Å². The topological polar surface area (TPSA) is 76.7 Å².